The van der Waals surface area contributed by atoms with E-state index in [9.17, 15) is 14.0 Å². The van der Waals surface area contributed by atoms with Gasteiger partial charge in [-0.2, -0.15) is 0 Å². The highest BCUT2D eigenvalue weighted by molar-refractivity contribution is 6.09. The maximum Gasteiger partial charge on any atom is 0.259 e. The summed E-state index contributed by atoms with van der Waals surface area (Å²) < 4.78 is 13.3. The van der Waals surface area contributed by atoms with Crippen LogP contribution in [-0.4, -0.2) is 22.8 Å². The number of piperidine rings is 1. The second-order valence-electron chi connectivity index (χ2n) is 4.94. The van der Waals surface area contributed by atoms with Crippen molar-refractivity contribution in [1.29, 1.82) is 0 Å². The van der Waals surface area contributed by atoms with Crippen molar-refractivity contribution >= 4 is 17.5 Å². The fourth-order valence-corrected chi connectivity index (χ4v) is 2.71. The van der Waals surface area contributed by atoms with Crippen LogP contribution in [0.2, 0.25) is 0 Å². The van der Waals surface area contributed by atoms with E-state index in [1.165, 1.54) is 17.0 Å². The van der Waals surface area contributed by atoms with E-state index in [-0.39, 0.29) is 17.9 Å². The Hall–Kier alpha value is -2.43. The number of hydrogen-bond acceptors (Lipinski definition) is 2. The molecule has 3 rings (SSSR count). The van der Waals surface area contributed by atoms with E-state index in [1.807, 2.05) is 0 Å². The number of carbonyl (C=O) groups is 2. The minimum absolute atomic E-state index is 0.105. The molecule has 2 aliphatic rings. The number of nitrogens with one attached hydrogen (secondary N) is 1. The summed E-state index contributed by atoms with van der Waals surface area (Å²) in [7, 11) is 0. The molecule has 1 N–H and O–H groups in total. The van der Waals surface area contributed by atoms with E-state index in [0.717, 1.165) is 0 Å². The van der Waals surface area contributed by atoms with Crippen LogP contribution < -0.4 is 5.32 Å². The molecule has 102 valence electrons. The zero-order chi connectivity index (χ0) is 14.4. The van der Waals surface area contributed by atoms with E-state index >= 15 is 0 Å². The van der Waals surface area contributed by atoms with Crippen molar-refractivity contribution in [3.63, 3.8) is 0 Å². The summed E-state index contributed by atoms with van der Waals surface area (Å²) in [4.78, 5) is 25.2. The molecule has 2 aliphatic heterocycles. The van der Waals surface area contributed by atoms with Crippen molar-refractivity contribution in [2.24, 2.45) is 0 Å². The van der Waals surface area contributed by atoms with Crippen LogP contribution in [0.1, 0.15) is 28.8 Å². The van der Waals surface area contributed by atoms with E-state index in [1.54, 1.807) is 6.07 Å². The largest absolute Gasteiger partial charge is 0.328 e. The fourth-order valence-electron chi connectivity index (χ4n) is 2.71. The number of hydrogen-bond donors (Lipinski definition) is 1. The third-order valence-electron chi connectivity index (χ3n) is 3.69. The van der Waals surface area contributed by atoms with Gasteiger partial charge in [0.05, 0.1) is 11.6 Å². The first-order valence-corrected chi connectivity index (χ1v) is 6.30. The first-order valence-electron chi connectivity index (χ1n) is 6.30. The lowest BCUT2D eigenvalue weighted by Crippen LogP contribution is -2.45. The van der Waals surface area contributed by atoms with Crippen molar-refractivity contribution in [2.45, 2.75) is 18.9 Å². The smallest absolute Gasteiger partial charge is 0.259 e. The summed E-state index contributed by atoms with van der Waals surface area (Å²) in [6.07, 6.45) is 0.817. The fraction of sp³-hybridized carbons (Fsp3) is 0.200. The Morgan fingerprint density at radius 2 is 2.00 bits per heavy atom. The lowest BCUT2D eigenvalue weighted by Gasteiger charge is -2.33. The number of carbonyl (C=O) groups excluding carboxylic acids is 2. The molecule has 4 nitrogen and oxygen atoms in total. The lowest BCUT2D eigenvalue weighted by atomic mass is 10.0. The molecule has 1 aromatic rings. The van der Waals surface area contributed by atoms with Gasteiger partial charge in [0.15, 0.2) is 0 Å². The Kier molecular flexibility index (Phi) is 2.71. The van der Waals surface area contributed by atoms with Gasteiger partial charge in [-0.05, 0) is 24.6 Å². The van der Waals surface area contributed by atoms with Gasteiger partial charge in [0.2, 0.25) is 5.91 Å². The molecular formula is C15H13FN2O2. The first kappa shape index (κ1) is 12.6. The number of amides is 2. The molecule has 0 aromatic heterocycles. The minimum Gasteiger partial charge on any atom is -0.328 e. The molecule has 0 spiro atoms. The minimum atomic E-state index is -0.456. The van der Waals surface area contributed by atoms with Crippen molar-refractivity contribution < 1.29 is 14.0 Å². The summed E-state index contributed by atoms with van der Waals surface area (Å²) in [5.41, 5.74) is 1.93. The monoisotopic (exact) mass is 272 g/mol. The maximum atomic E-state index is 13.3. The molecule has 1 saturated heterocycles. The van der Waals surface area contributed by atoms with E-state index in [0.29, 0.717) is 35.4 Å². The van der Waals surface area contributed by atoms with Gasteiger partial charge in [-0.15, -0.1) is 0 Å². The lowest BCUT2D eigenvalue weighted by molar-refractivity contribution is -0.121. The quantitative estimate of drug-likeness (QED) is 0.850. The van der Waals surface area contributed by atoms with Crippen LogP contribution in [0.4, 0.5) is 4.39 Å². The van der Waals surface area contributed by atoms with Gasteiger partial charge in [-0.25, -0.2) is 4.39 Å². The third kappa shape index (κ3) is 1.74. The van der Waals surface area contributed by atoms with Crippen LogP contribution >= 0.6 is 0 Å². The average Bonchev–Trinajstić information content (AvgIpc) is 2.63. The van der Waals surface area contributed by atoms with Crippen molar-refractivity contribution in [1.82, 2.24) is 10.2 Å². The highest BCUT2D eigenvalue weighted by Gasteiger charge is 2.39. The molecule has 0 radical (unpaired) electrons. The van der Waals surface area contributed by atoms with Gasteiger partial charge in [0.1, 0.15) is 5.82 Å². The highest BCUT2D eigenvalue weighted by atomic mass is 19.1. The zero-order valence-electron chi connectivity index (χ0n) is 10.8. The summed E-state index contributed by atoms with van der Waals surface area (Å²) >= 11 is 0. The van der Waals surface area contributed by atoms with E-state index < -0.39 is 5.82 Å². The average molecular weight is 272 g/mol. The molecule has 5 heteroatoms. The summed E-state index contributed by atoms with van der Waals surface area (Å²) in [6.45, 7) is 7.71. The van der Waals surface area contributed by atoms with Crippen molar-refractivity contribution in [3.8, 4) is 0 Å². The SMILES string of the molecule is C=C1NC(=O)CCC1N1C(=C)c2ccc(F)cc2C1=O. The summed E-state index contributed by atoms with van der Waals surface area (Å²) in [5.74, 6) is -0.860. The number of rotatable bonds is 1. The molecule has 2 heterocycles. The van der Waals surface area contributed by atoms with Crippen molar-refractivity contribution in [2.75, 3.05) is 0 Å². The van der Waals surface area contributed by atoms with E-state index in [2.05, 4.69) is 18.5 Å². The first-order chi connectivity index (χ1) is 9.49. The number of benzene rings is 1. The number of halogens is 1. The van der Waals surface area contributed by atoms with Crippen LogP contribution in [0, 0.1) is 5.82 Å². The summed E-state index contributed by atoms with van der Waals surface area (Å²) in [5, 5.41) is 2.64. The Morgan fingerprint density at radius 1 is 1.25 bits per heavy atom. The molecule has 2 amide bonds. The Morgan fingerprint density at radius 3 is 2.70 bits per heavy atom. The molecule has 1 aromatic carbocycles. The second-order valence-corrected chi connectivity index (χ2v) is 4.94. The second kappa shape index (κ2) is 4.30. The molecule has 0 aliphatic carbocycles. The third-order valence-corrected chi connectivity index (χ3v) is 3.69. The summed E-state index contributed by atoms with van der Waals surface area (Å²) in [6, 6.07) is 3.74. The van der Waals surface area contributed by atoms with Crippen LogP contribution in [0.5, 0.6) is 0 Å². The van der Waals surface area contributed by atoms with Gasteiger partial charge < -0.3 is 5.32 Å². The van der Waals surface area contributed by atoms with Gasteiger partial charge in [-0.1, -0.05) is 13.2 Å². The Labute approximate surface area is 115 Å². The molecule has 1 unspecified atom stereocenters. The van der Waals surface area contributed by atoms with Gasteiger partial charge in [0.25, 0.3) is 5.91 Å². The van der Waals surface area contributed by atoms with Crippen molar-refractivity contribution in [3.05, 3.63) is 54.0 Å². The number of fused-ring (bicyclic) bond motifs is 1. The molecule has 0 bridgehead atoms. The highest BCUT2D eigenvalue weighted by Crippen LogP contribution is 2.36. The normalized spacial score (nSPS) is 22.1. The van der Waals surface area contributed by atoms with Crippen LogP contribution in [-0.2, 0) is 4.79 Å². The molecular weight excluding hydrogens is 259 g/mol. The molecule has 0 saturated carbocycles. The Bertz CT molecular complexity index is 666. The molecule has 1 atom stereocenters. The molecule has 20 heavy (non-hydrogen) atoms. The van der Waals surface area contributed by atoms with Crippen LogP contribution in [0.3, 0.4) is 0 Å². The number of nitrogens with zero attached hydrogens (tertiary/aromatic N) is 1. The zero-order valence-corrected chi connectivity index (χ0v) is 10.8. The molecule has 1 fully saturated rings. The van der Waals surface area contributed by atoms with Gasteiger partial charge >= 0.3 is 0 Å². The maximum absolute atomic E-state index is 13.3. The van der Waals surface area contributed by atoms with Crippen LogP contribution in [0.15, 0.2) is 37.1 Å². The predicted molar refractivity (Wildman–Crippen MR) is 71.9 cm³/mol. The van der Waals surface area contributed by atoms with Gasteiger partial charge in [0, 0.05) is 23.4 Å². The standard InChI is InChI=1S/C15H13FN2O2/c1-8-13(5-6-14(19)17-8)18-9(2)11-4-3-10(16)7-12(11)15(18)20/h3-4,7,13H,1-2,5-6H2,(H,17,19). The topological polar surface area (TPSA) is 49.4 Å². The van der Waals surface area contributed by atoms with Crippen LogP contribution in [0.25, 0.3) is 5.70 Å². The Balaban J connectivity index is 1.97. The predicted octanol–water partition coefficient (Wildman–Crippen LogP) is 2.04. The van der Waals surface area contributed by atoms with E-state index in [4.69, 9.17) is 0 Å². The van der Waals surface area contributed by atoms with Gasteiger partial charge in [-0.3, -0.25) is 14.5 Å².